The SMILES string of the molecule is CC(N)(CCc1ccc(C#CCCOc2cc(Cl)cc(Cl)c2)s1)COP(=O)(O)O. The van der Waals surface area contributed by atoms with Crippen molar-refractivity contribution in [1.82, 2.24) is 0 Å². The highest BCUT2D eigenvalue weighted by atomic mass is 35.5. The van der Waals surface area contributed by atoms with Crippen molar-refractivity contribution in [2.45, 2.75) is 31.7 Å². The topological polar surface area (TPSA) is 102 Å². The van der Waals surface area contributed by atoms with Gasteiger partial charge in [0.1, 0.15) is 5.75 Å². The van der Waals surface area contributed by atoms with Gasteiger partial charge < -0.3 is 20.3 Å². The molecule has 29 heavy (non-hydrogen) atoms. The summed E-state index contributed by atoms with van der Waals surface area (Å²) in [7, 11) is -4.52. The Balaban J connectivity index is 1.76. The largest absolute Gasteiger partial charge is 0.492 e. The van der Waals surface area contributed by atoms with Crippen molar-refractivity contribution < 1.29 is 23.6 Å². The first-order valence-corrected chi connectivity index (χ1v) is 11.8. The molecule has 0 radical (unpaired) electrons. The molecule has 0 aliphatic carbocycles. The predicted molar refractivity (Wildman–Crippen MR) is 117 cm³/mol. The molecule has 1 heterocycles. The molecule has 0 spiro atoms. The van der Waals surface area contributed by atoms with Gasteiger partial charge in [-0.15, -0.1) is 11.3 Å². The zero-order chi connectivity index (χ0) is 21.5. The van der Waals surface area contributed by atoms with Crippen LogP contribution in [0.1, 0.15) is 29.5 Å². The van der Waals surface area contributed by atoms with Crippen LogP contribution in [0.2, 0.25) is 10.0 Å². The Hall–Kier alpha value is -1.07. The number of ether oxygens (including phenoxy) is 1. The molecule has 10 heteroatoms. The fraction of sp³-hybridized carbons (Fsp3) is 0.368. The monoisotopic (exact) mass is 477 g/mol. The maximum Gasteiger partial charge on any atom is 0.469 e. The maximum absolute atomic E-state index is 10.8. The lowest BCUT2D eigenvalue weighted by molar-refractivity contribution is 0.154. The Morgan fingerprint density at radius 1 is 1.24 bits per heavy atom. The van der Waals surface area contributed by atoms with Crippen molar-refractivity contribution in [1.29, 1.82) is 0 Å². The summed E-state index contributed by atoms with van der Waals surface area (Å²) in [6.07, 6.45) is 1.75. The minimum Gasteiger partial charge on any atom is -0.492 e. The van der Waals surface area contributed by atoms with Gasteiger partial charge in [0, 0.05) is 26.9 Å². The number of rotatable bonds is 9. The van der Waals surface area contributed by atoms with Gasteiger partial charge in [0.05, 0.1) is 18.1 Å². The zero-order valence-corrected chi connectivity index (χ0v) is 19.0. The molecule has 1 aromatic heterocycles. The highest BCUT2D eigenvalue weighted by Gasteiger charge is 2.24. The van der Waals surface area contributed by atoms with Gasteiger partial charge >= 0.3 is 7.82 Å². The lowest BCUT2D eigenvalue weighted by Crippen LogP contribution is -2.41. The summed E-state index contributed by atoms with van der Waals surface area (Å²) in [6.45, 7) is 1.91. The van der Waals surface area contributed by atoms with Crippen LogP contribution in [0.3, 0.4) is 0 Å². The van der Waals surface area contributed by atoms with E-state index in [1.54, 1.807) is 36.5 Å². The second-order valence-electron chi connectivity index (χ2n) is 6.69. The molecule has 1 aromatic carbocycles. The third-order valence-corrected chi connectivity index (χ3v) is 5.67. The van der Waals surface area contributed by atoms with E-state index >= 15 is 0 Å². The highest BCUT2D eigenvalue weighted by Crippen LogP contribution is 2.37. The van der Waals surface area contributed by atoms with Gasteiger partial charge in [-0.25, -0.2) is 4.57 Å². The molecule has 0 saturated heterocycles. The number of phosphoric ester groups is 1. The van der Waals surface area contributed by atoms with Crippen LogP contribution in [-0.4, -0.2) is 28.5 Å². The van der Waals surface area contributed by atoms with Crippen LogP contribution in [0.4, 0.5) is 0 Å². The van der Waals surface area contributed by atoms with Gasteiger partial charge in [-0.05, 0) is 50.1 Å². The van der Waals surface area contributed by atoms with Gasteiger partial charge in [-0.2, -0.15) is 0 Å². The van der Waals surface area contributed by atoms with Crippen LogP contribution in [0, 0.1) is 11.8 Å². The van der Waals surface area contributed by atoms with E-state index in [1.807, 2.05) is 12.1 Å². The number of benzene rings is 1. The number of phosphoric acid groups is 1. The van der Waals surface area contributed by atoms with Crippen LogP contribution < -0.4 is 10.5 Å². The molecule has 4 N–H and O–H groups in total. The number of thiophene rings is 1. The van der Waals surface area contributed by atoms with Crippen LogP contribution in [0.25, 0.3) is 0 Å². The number of hydrogen-bond acceptors (Lipinski definition) is 5. The summed E-state index contributed by atoms with van der Waals surface area (Å²) in [5.74, 6) is 6.76. The Morgan fingerprint density at radius 2 is 1.93 bits per heavy atom. The first-order chi connectivity index (χ1) is 13.5. The molecule has 0 saturated carbocycles. The first-order valence-electron chi connectivity index (χ1n) is 8.68. The van der Waals surface area contributed by atoms with E-state index in [-0.39, 0.29) is 6.61 Å². The second-order valence-corrected chi connectivity index (χ2v) is 9.97. The molecule has 0 bridgehead atoms. The van der Waals surface area contributed by atoms with E-state index in [0.717, 1.165) is 9.75 Å². The Kier molecular flexibility index (Phi) is 9.02. The van der Waals surface area contributed by atoms with E-state index < -0.39 is 13.4 Å². The van der Waals surface area contributed by atoms with Crippen LogP contribution in [-0.2, 0) is 15.5 Å². The summed E-state index contributed by atoms with van der Waals surface area (Å²) in [6, 6.07) is 8.94. The highest BCUT2D eigenvalue weighted by molar-refractivity contribution is 7.46. The van der Waals surface area contributed by atoms with E-state index in [9.17, 15) is 4.57 Å². The van der Waals surface area contributed by atoms with E-state index in [0.29, 0.717) is 41.7 Å². The van der Waals surface area contributed by atoms with Crippen molar-refractivity contribution in [3.8, 4) is 17.6 Å². The predicted octanol–water partition coefficient (Wildman–Crippen LogP) is 4.63. The smallest absolute Gasteiger partial charge is 0.469 e. The Morgan fingerprint density at radius 3 is 2.59 bits per heavy atom. The fourth-order valence-electron chi connectivity index (χ4n) is 2.27. The van der Waals surface area contributed by atoms with E-state index in [4.69, 9.17) is 43.5 Å². The van der Waals surface area contributed by atoms with Crippen LogP contribution in [0.15, 0.2) is 30.3 Å². The molecule has 1 atom stereocenters. The maximum atomic E-state index is 10.8. The van der Waals surface area contributed by atoms with Gasteiger partial charge in [0.25, 0.3) is 0 Å². The summed E-state index contributed by atoms with van der Waals surface area (Å²) in [5.41, 5.74) is 5.20. The first kappa shape index (κ1) is 24.2. The van der Waals surface area contributed by atoms with Gasteiger partial charge in [-0.3, -0.25) is 4.52 Å². The molecular formula is C19H22Cl2NO5PS. The van der Waals surface area contributed by atoms with Crippen LogP contribution in [0.5, 0.6) is 5.75 Å². The third kappa shape index (κ3) is 9.99. The summed E-state index contributed by atoms with van der Waals surface area (Å²) in [4.78, 5) is 19.6. The molecule has 0 amide bonds. The molecule has 6 nitrogen and oxygen atoms in total. The van der Waals surface area contributed by atoms with Crippen molar-refractivity contribution in [3.05, 3.63) is 50.1 Å². The quantitative estimate of drug-likeness (QED) is 0.276. The number of aryl methyl sites for hydroxylation is 1. The minimum atomic E-state index is -4.52. The number of hydrogen-bond donors (Lipinski definition) is 3. The second kappa shape index (κ2) is 10.8. The van der Waals surface area contributed by atoms with Gasteiger partial charge in [-0.1, -0.05) is 35.0 Å². The summed E-state index contributed by atoms with van der Waals surface area (Å²) < 4.78 is 20.9. The molecule has 2 aromatic rings. The van der Waals surface area contributed by atoms with Crippen molar-refractivity contribution in [2.24, 2.45) is 5.73 Å². The standard InChI is InChI=1S/C19H22Cl2NO5PS/c1-19(22,13-27-28(23,24)25)8-7-18-6-5-17(29-18)4-2-3-9-26-16-11-14(20)10-15(21)12-16/h5-6,10-12H,3,7-9,13,22H2,1H3,(H2,23,24,25). The molecule has 0 aliphatic heterocycles. The molecule has 0 aliphatic rings. The van der Waals surface area contributed by atoms with E-state index in [1.165, 1.54) is 0 Å². The molecule has 0 fully saturated rings. The summed E-state index contributed by atoms with van der Waals surface area (Å²) >= 11 is 13.4. The molecule has 2 rings (SSSR count). The van der Waals surface area contributed by atoms with E-state index in [2.05, 4.69) is 16.4 Å². The van der Waals surface area contributed by atoms with Crippen molar-refractivity contribution in [2.75, 3.05) is 13.2 Å². The van der Waals surface area contributed by atoms with Gasteiger partial charge in [0.2, 0.25) is 0 Å². The molecule has 158 valence electrons. The lowest BCUT2D eigenvalue weighted by atomic mass is 9.98. The van der Waals surface area contributed by atoms with Crippen molar-refractivity contribution in [3.63, 3.8) is 0 Å². The van der Waals surface area contributed by atoms with Crippen molar-refractivity contribution >= 4 is 42.4 Å². The Labute approximate surface area is 184 Å². The van der Waals surface area contributed by atoms with Crippen LogP contribution >= 0.6 is 42.4 Å². The molecule has 1 unspecified atom stereocenters. The Bertz CT molecular complexity index is 912. The van der Waals surface area contributed by atoms with Gasteiger partial charge in [0.15, 0.2) is 0 Å². The molecular weight excluding hydrogens is 456 g/mol. The number of nitrogens with two attached hydrogens (primary N) is 1. The lowest BCUT2D eigenvalue weighted by Gasteiger charge is -2.24. The summed E-state index contributed by atoms with van der Waals surface area (Å²) in [5, 5.41) is 1.04. The average Bonchev–Trinajstić information content (AvgIpc) is 3.05. The normalized spacial score (nSPS) is 13.4. The number of halogens is 2. The minimum absolute atomic E-state index is 0.215. The third-order valence-electron chi connectivity index (χ3n) is 3.71. The average molecular weight is 478 g/mol. The fourth-order valence-corrected chi connectivity index (χ4v) is 4.12. The zero-order valence-electron chi connectivity index (χ0n) is 15.7.